The lowest BCUT2D eigenvalue weighted by Gasteiger charge is -2.24. The van der Waals surface area contributed by atoms with E-state index in [1.54, 1.807) is 18.2 Å². The lowest BCUT2D eigenvalue weighted by Crippen LogP contribution is -2.39. The summed E-state index contributed by atoms with van der Waals surface area (Å²) in [6.07, 6.45) is -4.73. The summed E-state index contributed by atoms with van der Waals surface area (Å²) in [5.41, 5.74) is 1.05. The Balaban J connectivity index is 1.97. The molecule has 0 fully saturated rings. The predicted molar refractivity (Wildman–Crippen MR) is 100 cm³/mol. The van der Waals surface area contributed by atoms with Crippen LogP contribution in [-0.4, -0.2) is 30.2 Å². The van der Waals surface area contributed by atoms with Gasteiger partial charge in [-0.25, -0.2) is 4.98 Å². The van der Waals surface area contributed by atoms with Crippen molar-refractivity contribution >= 4 is 44.9 Å². The van der Waals surface area contributed by atoms with Crippen LogP contribution in [-0.2, 0) is 0 Å². The Hall–Kier alpha value is -3.21. The first-order valence-electron chi connectivity index (χ1n) is 8.40. The first-order valence-corrected chi connectivity index (χ1v) is 9.35. The zero-order valence-electron chi connectivity index (χ0n) is 14.8. The molecule has 0 N–H and O–H groups in total. The number of amides is 1. The Morgan fingerprint density at radius 1 is 1.20 bits per heavy atom. The highest BCUT2D eigenvalue weighted by atomic mass is 32.1. The van der Waals surface area contributed by atoms with E-state index in [0.29, 0.717) is 10.3 Å². The fourth-order valence-electron chi connectivity index (χ4n) is 3.10. The van der Waals surface area contributed by atoms with Gasteiger partial charge in [-0.15, -0.1) is 11.3 Å². The van der Waals surface area contributed by atoms with Gasteiger partial charge in [-0.3, -0.25) is 9.69 Å². The number of para-hydroxylation sites is 1. The number of aromatic nitrogens is 1. The lowest BCUT2D eigenvalue weighted by molar-refractivity contribution is -0.118. The summed E-state index contributed by atoms with van der Waals surface area (Å²) in [6.45, 7) is -4.78. The molecule has 156 valence electrons. The number of carbonyl (C=O) groups is 1. The van der Waals surface area contributed by atoms with Gasteiger partial charge < -0.3 is 9.15 Å². The molecule has 4 rings (SSSR count). The van der Waals surface area contributed by atoms with Gasteiger partial charge in [0.25, 0.3) is 5.91 Å². The smallest absolute Gasteiger partial charge is 0.406 e. The molecule has 0 unspecified atom stereocenters. The van der Waals surface area contributed by atoms with Crippen molar-refractivity contribution in [3.8, 4) is 5.75 Å². The molecule has 1 amide bonds. The fourth-order valence-corrected chi connectivity index (χ4v) is 3.63. The van der Waals surface area contributed by atoms with Crippen LogP contribution in [0.15, 0.2) is 51.7 Å². The number of benzene rings is 2. The number of furan rings is 1. The summed E-state index contributed by atoms with van der Waals surface area (Å²) in [6, 6.07) is 8.48. The van der Waals surface area contributed by atoms with E-state index in [1.807, 2.05) is 0 Å². The third-order valence-electron chi connectivity index (χ3n) is 4.21. The Bertz CT molecular complexity index is 1200. The lowest BCUT2D eigenvalue weighted by atomic mass is 10.1. The van der Waals surface area contributed by atoms with E-state index in [4.69, 9.17) is 4.42 Å². The number of rotatable bonds is 5. The average molecular weight is 442 g/mol. The topological polar surface area (TPSA) is 55.6 Å². The maximum atomic E-state index is 13.3. The van der Waals surface area contributed by atoms with Crippen molar-refractivity contribution in [3.63, 3.8) is 0 Å². The number of fused-ring (bicyclic) bond motifs is 3. The molecule has 11 heteroatoms. The van der Waals surface area contributed by atoms with E-state index in [0.717, 1.165) is 23.5 Å². The quantitative estimate of drug-likeness (QED) is 0.364. The monoisotopic (exact) mass is 442 g/mol. The molecule has 0 bridgehead atoms. The standard InChI is InChI=1S/C19H11F5N2O3S/c20-18(21)29-14-6-5-12(15-10-3-1-2-4-13(10)28-16(14)15)26(8-19(22,23)24)17(27)11-7-30-9-25-11/h1-7,9,18H,8H2. The van der Waals surface area contributed by atoms with Crippen LogP contribution in [0.3, 0.4) is 0 Å². The molecule has 0 saturated carbocycles. The molecule has 5 nitrogen and oxygen atoms in total. The van der Waals surface area contributed by atoms with Gasteiger partial charge in [0.1, 0.15) is 17.8 Å². The van der Waals surface area contributed by atoms with E-state index in [-0.39, 0.29) is 33.7 Å². The van der Waals surface area contributed by atoms with Crippen molar-refractivity contribution < 1.29 is 35.9 Å². The van der Waals surface area contributed by atoms with Crippen LogP contribution in [0.2, 0.25) is 0 Å². The largest absolute Gasteiger partial charge is 0.452 e. The number of alkyl halides is 5. The number of carbonyl (C=O) groups excluding carboxylic acids is 1. The van der Waals surface area contributed by atoms with Crippen LogP contribution in [0.5, 0.6) is 5.75 Å². The molecular formula is C19H11F5N2O3S. The second-order valence-corrected chi connectivity index (χ2v) is 6.86. The van der Waals surface area contributed by atoms with Crippen molar-refractivity contribution in [2.45, 2.75) is 12.8 Å². The van der Waals surface area contributed by atoms with Gasteiger partial charge in [0.15, 0.2) is 11.3 Å². The normalized spacial score (nSPS) is 12.1. The van der Waals surface area contributed by atoms with Crippen molar-refractivity contribution in [2.75, 3.05) is 11.4 Å². The molecule has 0 aliphatic carbocycles. The molecule has 0 atom stereocenters. The Morgan fingerprint density at radius 3 is 2.63 bits per heavy atom. The number of nitrogens with zero attached hydrogens (tertiary/aromatic N) is 2. The molecule has 0 aliphatic rings. The Labute approximate surface area is 169 Å². The predicted octanol–water partition coefficient (Wildman–Crippen LogP) is 5.85. The van der Waals surface area contributed by atoms with E-state index in [1.165, 1.54) is 17.0 Å². The average Bonchev–Trinajstić information content (AvgIpc) is 3.33. The van der Waals surface area contributed by atoms with Crippen LogP contribution in [0.25, 0.3) is 21.9 Å². The van der Waals surface area contributed by atoms with E-state index in [9.17, 15) is 26.7 Å². The molecule has 0 radical (unpaired) electrons. The molecule has 4 aromatic rings. The maximum Gasteiger partial charge on any atom is 0.406 e. The number of anilines is 1. The zero-order chi connectivity index (χ0) is 21.5. The number of hydrogen-bond donors (Lipinski definition) is 0. The Kier molecular flexibility index (Phi) is 5.06. The van der Waals surface area contributed by atoms with Crippen molar-refractivity contribution in [1.29, 1.82) is 0 Å². The summed E-state index contributed by atoms with van der Waals surface area (Å²) in [4.78, 5) is 17.1. The summed E-state index contributed by atoms with van der Waals surface area (Å²) < 4.78 is 75.7. The highest BCUT2D eigenvalue weighted by Crippen LogP contribution is 2.42. The van der Waals surface area contributed by atoms with Crippen LogP contribution >= 0.6 is 11.3 Å². The first-order chi connectivity index (χ1) is 14.2. The molecule has 2 aromatic carbocycles. The van der Waals surface area contributed by atoms with Crippen LogP contribution < -0.4 is 9.64 Å². The number of halogens is 5. The minimum Gasteiger partial charge on any atom is -0.452 e. The molecule has 0 saturated heterocycles. The molecule has 2 aromatic heterocycles. The van der Waals surface area contributed by atoms with Gasteiger partial charge in [0.2, 0.25) is 0 Å². The summed E-state index contributed by atoms with van der Waals surface area (Å²) in [5, 5.41) is 1.72. The van der Waals surface area contributed by atoms with E-state index in [2.05, 4.69) is 9.72 Å². The molecule has 30 heavy (non-hydrogen) atoms. The second-order valence-electron chi connectivity index (χ2n) is 6.14. The summed E-state index contributed by atoms with van der Waals surface area (Å²) >= 11 is 1.05. The van der Waals surface area contributed by atoms with E-state index < -0.39 is 25.2 Å². The van der Waals surface area contributed by atoms with Gasteiger partial charge in [-0.1, -0.05) is 18.2 Å². The number of thiazole rings is 1. The first kappa shape index (κ1) is 20.1. The second kappa shape index (κ2) is 7.56. The number of ether oxygens (including phenoxy) is 1. The van der Waals surface area contributed by atoms with Crippen LogP contribution in [0.4, 0.5) is 27.6 Å². The highest BCUT2D eigenvalue weighted by molar-refractivity contribution is 7.07. The molecule has 0 aliphatic heterocycles. The molecule has 2 heterocycles. The highest BCUT2D eigenvalue weighted by Gasteiger charge is 2.36. The SMILES string of the molecule is O=C(c1cscn1)N(CC(F)(F)F)c1ccc(OC(F)F)c2oc3ccccc3c12. The molecule has 0 spiro atoms. The third kappa shape index (κ3) is 3.80. The van der Waals surface area contributed by atoms with Crippen molar-refractivity contribution in [2.24, 2.45) is 0 Å². The third-order valence-corrected chi connectivity index (χ3v) is 4.80. The van der Waals surface area contributed by atoms with Gasteiger partial charge in [-0.2, -0.15) is 22.0 Å². The van der Waals surface area contributed by atoms with Crippen LogP contribution in [0, 0.1) is 0 Å². The van der Waals surface area contributed by atoms with Crippen molar-refractivity contribution in [1.82, 2.24) is 4.98 Å². The summed E-state index contributed by atoms with van der Waals surface area (Å²) in [5.74, 6) is -1.34. The van der Waals surface area contributed by atoms with E-state index >= 15 is 0 Å². The van der Waals surface area contributed by atoms with Gasteiger partial charge in [0, 0.05) is 10.8 Å². The maximum absolute atomic E-state index is 13.3. The minimum atomic E-state index is -4.73. The van der Waals surface area contributed by atoms with Gasteiger partial charge >= 0.3 is 12.8 Å². The van der Waals surface area contributed by atoms with Gasteiger partial charge in [-0.05, 0) is 18.2 Å². The molecular weight excluding hydrogens is 431 g/mol. The fraction of sp³-hybridized carbons (Fsp3) is 0.158. The summed E-state index contributed by atoms with van der Waals surface area (Å²) in [7, 11) is 0. The number of hydrogen-bond acceptors (Lipinski definition) is 5. The van der Waals surface area contributed by atoms with Crippen LogP contribution in [0.1, 0.15) is 10.5 Å². The van der Waals surface area contributed by atoms with Gasteiger partial charge in [0.05, 0.1) is 16.6 Å². The zero-order valence-corrected chi connectivity index (χ0v) is 15.6. The Morgan fingerprint density at radius 2 is 1.97 bits per heavy atom. The minimum absolute atomic E-state index is 0.0524. The van der Waals surface area contributed by atoms with Crippen molar-refractivity contribution in [3.05, 3.63) is 53.0 Å².